The molecule has 2 saturated heterocycles. The summed E-state index contributed by atoms with van der Waals surface area (Å²) in [6, 6.07) is 19.8. The molecule has 0 N–H and O–H groups in total. The zero-order valence-electron chi connectivity index (χ0n) is 18.8. The van der Waals surface area contributed by atoms with Crippen LogP contribution < -0.4 is 0 Å². The van der Waals surface area contributed by atoms with Crippen molar-refractivity contribution in [3.63, 3.8) is 0 Å². The Balaban J connectivity index is 1.15. The van der Waals surface area contributed by atoms with Gasteiger partial charge < -0.3 is 9.80 Å². The van der Waals surface area contributed by atoms with Gasteiger partial charge in [-0.3, -0.25) is 9.59 Å². The molecule has 2 fully saturated rings. The van der Waals surface area contributed by atoms with Gasteiger partial charge in [0.2, 0.25) is 0 Å². The molecule has 0 unspecified atom stereocenters. The van der Waals surface area contributed by atoms with Gasteiger partial charge in [0.1, 0.15) is 5.82 Å². The molecule has 0 atom stereocenters. The van der Waals surface area contributed by atoms with Gasteiger partial charge in [0.15, 0.2) is 0 Å². The first kappa shape index (κ1) is 21.6. The van der Waals surface area contributed by atoms with Gasteiger partial charge in [0.25, 0.3) is 11.8 Å². The lowest BCUT2D eigenvalue weighted by Crippen LogP contribution is -2.44. The van der Waals surface area contributed by atoms with Gasteiger partial charge in [-0.25, -0.2) is 4.39 Å². The van der Waals surface area contributed by atoms with E-state index in [0.717, 1.165) is 68.2 Å². The summed E-state index contributed by atoms with van der Waals surface area (Å²) in [6.07, 6.45) is 4.03. The van der Waals surface area contributed by atoms with Gasteiger partial charge in [-0.1, -0.05) is 36.4 Å². The van der Waals surface area contributed by atoms with Gasteiger partial charge in [-0.15, -0.1) is 0 Å². The van der Waals surface area contributed by atoms with Crippen molar-refractivity contribution < 1.29 is 14.0 Å². The van der Waals surface area contributed by atoms with Gasteiger partial charge in [-0.2, -0.15) is 0 Å². The average molecular weight is 445 g/mol. The number of piperidine rings is 2. The summed E-state index contributed by atoms with van der Waals surface area (Å²) < 4.78 is 13.1. The molecule has 33 heavy (non-hydrogen) atoms. The Labute approximate surface area is 194 Å². The summed E-state index contributed by atoms with van der Waals surface area (Å²) in [6.45, 7) is 3.08. The molecule has 2 amide bonds. The minimum absolute atomic E-state index is 0.0102. The molecule has 0 saturated carbocycles. The lowest BCUT2D eigenvalue weighted by atomic mass is 9.78. The predicted octanol–water partition coefficient (Wildman–Crippen LogP) is 5.38. The maximum Gasteiger partial charge on any atom is 0.254 e. The first-order valence-corrected chi connectivity index (χ1v) is 11.9. The van der Waals surface area contributed by atoms with Crippen molar-refractivity contribution in [2.24, 2.45) is 11.8 Å². The number of nitrogens with zero attached hydrogens (tertiary/aromatic N) is 2. The number of likely N-dealkylation sites (tertiary alicyclic amines) is 2. The third kappa shape index (κ3) is 4.50. The summed E-state index contributed by atoms with van der Waals surface area (Å²) in [5.41, 5.74) is 1.34. The van der Waals surface area contributed by atoms with Crippen LogP contribution in [0.15, 0.2) is 66.7 Å². The lowest BCUT2D eigenvalue weighted by Gasteiger charge is -2.40. The van der Waals surface area contributed by atoms with E-state index in [4.69, 9.17) is 0 Å². The largest absolute Gasteiger partial charge is 0.339 e. The smallest absolute Gasteiger partial charge is 0.254 e. The van der Waals surface area contributed by atoms with E-state index in [1.165, 1.54) is 12.1 Å². The van der Waals surface area contributed by atoms with Crippen LogP contribution in [-0.4, -0.2) is 47.8 Å². The normalized spacial score (nSPS) is 18.0. The van der Waals surface area contributed by atoms with Crippen LogP contribution in [0, 0.1) is 17.7 Å². The van der Waals surface area contributed by atoms with Gasteiger partial charge in [0.05, 0.1) is 0 Å². The molecular weight excluding hydrogens is 415 g/mol. The Morgan fingerprint density at radius 3 is 1.85 bits per heavy atom. The molecule has 2 aliphatic heterocycles. The molecule has 0 bridgehead atoms. The van der Waals surface area contributed by atoms with Crippen LogP contribution in [0.25, 0.3) is 10.8 Å². The number of halogens is 1. The predicted molar refractivity (Wildman–Crippen MR) is 128 cm³/mol. The van der Waals surface area contributed by atoms with E-state index in [1.54, 1.807) is 12.1 Å². The maximum atomic E-state index is 13.2. The quantitative estimate of drug-likeness (QED) is 0.544. The topological polar surface area (TPSA) is 40.6 Å². The molecule has 5 rings (SSSR count). The highest BCUT2D eigenvalue weighted by molar-refractivity contribution is 6.07. The standard InChI is InChI=1S/C28H29FN2O2/c29-24-10-8-23(9-11-24)27(32)30-16-12-20(13-17-30)21-14-18-31(19-15-21)28(33)26-7-3-5-22-4-1-2-6-25(22)26/h1-11,20-21H,12-19H2. The third-order valence-corrected chi connectivity index (χ3v) is 7.43. The van der Waals surface area contributed by atoms with Crippen LogP contribution >= 0.6 is 0 Å². The molecule has 2 aliphatic rings. The minimum atomic E-state index is -0.324. The zero-order valence-corrected chi connectivity index (χ0v) is 18.8. The Kier molecular flexibility index (Phi) is 6.12. The summed E-state index contributed by atoms with van der Waals surface area (Å²) in [7, 11) is 0. The fourth-order valence-corrected chi connectivity index (χ4v) is 5.51. The third-order valence-electron chi connectivity index (χ3n) is 7.43. The average Bonchev–Trinajstić information content (AvgIpc) is 2.88. The van der Waals surface area contributed by atoms with E-state index in [-0.39, 0.29) is 17.6 Å². The Morgan fingerprint density at radius 2 is 1.21 bits per heavy atom. The van der Waals surface area contributed by atoms with E-state index in [9.17, 15) is 14.0 Å². The highest BCUT2D eigenvalue weighted by Gasteiger charge is 2.32. The van der Waals surface area contributed by atoms with Gasteiger partial charge in [0, 0.05) is 37.3 Å². The van der Waals surface area contributed by atoms with Crippen LogP contribution in [0.4, 0.5) is 4.39 Å². The molecule has 0 aromatic heterocycles. The van der Waals surface area contributed by atoms with Crippen molar-refractivity contribution in [3.8, 4) is 0 Å². The van der Waals surface area contributed by atoms with Crippen LogP contribution in [0.2, 0.25) is 0 Å². The number of carbonyl (C=O) groups is 2. The van der Waals surface area contributed by atoms with E-state index in [2.05, 4.69) is 0 Å². The van der Waals surface area contributed by atoms with Crippen LogP contribution in [0.1, 0.15) is 46.4 Å². The summed E-state index contributed by atoms with van der Waals surface area (Å²) in [4.78, 5) is 29.8. The SMILES string of the molecule is O=C(c1ccc(F)cc1)N1CCC(C2CCN(C(=O)c3cccc4ccccc34)CC2)CC1. The zero-order chi connectivity index (χ0) is 22.8. The van der Waals surface area contributed by atoms with Crippen molar-refractivity contribution in [2.75, 3.05) is 26.2 Å². The van der Waals surface area contributed by atoms with Crippen LogP contribution in [0.5, 0.6) is 0 Å². The Hall–Kier alpha value is -3.21. The highest BCUT2D eigenvalue weighted by Crippen LogP contribution is 2.33. The molecule has 4 nitrogen and oxygen atoms in total. The van der Waals surface area contributed by atoms with E-state index in [0.29, 0.717) is 17.4 Å². The van der Waals surface area contributed by atoms with Crippen molar-refractivity contribution in [1.29, 1.82) is 0 Å². The van der Waals surface area contributed by atoms with Gasteiger partial charge >= 0.3 is 0 Å². The molecular formula is C28H29FN2O2. The number of hydrogen-bond donors (Lipinski definition) is 0. The fourth-order valence-electron chi connectivity index (χ4n) is 5.51. The second kappa shape index (κ2) is 9.34. The summed E-state index contributed by atoms with van der Waals surface area (Å²) in [5, 5.41) is 2.12. The highest BCUT2D eigenvalue weighted by atomic mass is 19.1. The van der Waals surface area contributed by atoms with Crippen molar-refractivity contribution >= 4 is 22.6 Å². The Bertz CT molecular complexity index is 1140. The number of amides is 2. The van der Waals surface area contributed by atoms with Crippen LogP contribution in [-0.2, 0) is 0 Å². The first-order valence-electron chi connectivity index (χ1n) is 11.9. The second-order valence-electron chi connectivity index (χ2n) is 9.29. The van der Waals surface area contributed by atoms with E-state index < -0.39 is 0 Å². The monoisotopic (exact) mass is 444 g/mol. The van der Waals surface area contributed by atoms with Gasteiger partial charge in [-0.05, 0) is 78.6 Å². The molecule has 5 heteroatoms. The van der Waals surface area contributed by atoms with E-state index >= 15 is 0 Å². The molecule has 2 heterocycles. The number of fused-ring (bicyclic) bond motifs is 1. The van der Waals surface area contributed by atoms with Crippen molar-refractivity contribution in [1.82, 2.24) is 9.80 Å². The van der Waals surface area contributed by atoms with E-state index in [1.807, 2.05) is 52.3 Å². The number of benzene rings is 3. The molecule has 170 valence electrons. The van der Waals surface area contributed by atoms with Crippen LogP contribution in [0.3, 0.4) is 0 Å². The second-order valence-corrected chi connectivity index (χ2v) is 9.29. The van der Waals surface area contributed by atoms with Crippen molar-refractivity contribution in [3.05, 3.63) is 83.7 Å². The molecule has 3 aromatic carbocycles. The maximum absolute atomic E-state index is 13.2. The molecule has 0 aliphatic carbocycles. The number of hydrogen-bond acceptors (Lipinski definition) is 2. The summed E-state index contributed by atoms with van der Waals surface area (Å²) >= 11 is 0. The first-order chi connectivity index (χ1) is 16.1. The molecule has 3 aromatic rings. The van der Waals surface area contributed by atoms with Crippen molar-refractivity contribution in [2.45, 2.75) is 25.7 Å². The number of carbonyl (C=O) groups excluding carboxylic acids is 2. The molecule has 0 radical (unpaired) electrons. The molecule has 0 spiro atoms. The fraction of sp³-hybridized carbons (Fsp3) is 0.357. The minimum Gasteiger partial charge on any atom is -0.339 e. The summed E-state index contributed by atoms with van der Waals surface area (Å²) in [5.74, 6) is 0.992. The number of rotatable bonds is 3. The lowest BCUT2D eigenvalue weighted by molar-refractivity contribution is 0.0538. The Morgan fingerprint density at radius 1 is 0.667 bits per heavy atom.